The Morgan fingerprint density at radius 2 is 1.62 bits per heavy atom. The van der Waals surface area contributed by atoms with E-state index >= 15 is 0 Å². The monoisotopic (exact) mass is 344 g/mol. The van der Waals surface area contributed by atoms with Gasteiger partial charge in [0.15, 0.2) is 0 Å². The van der Waals surface area contributed by atoms with Crippen molar-refractivity contribution in [2.24, 2.45) is 0 Å². The fraction of sp³-hybridized carbons (Fsp3) is 0.529. The van der Waals surface area contributed by atoms with Crippen LogP contribution in [0.2, 0.25) is 0 Å². The molecule has 1 aromatic rings. The van der Waals surface area contributed by atoms with Crippen molar-refractivity contribution in [3.05, 3.63) is 35.4 Å². The van der Waals surface area contributed by atoms with E-state index in [1.165, 1.54) is 19.0 Å². The Kier molecular flexibility index (Phi) is 7.25. The number of hydrogen-bond acceptors (Lipinski definition) is 2. The summed E-state index contributed by atoms with van der Waals surface area (Å²) >= 11 is 0. The van der Waals surface area contributed by atoms with Crippen LogP contribution in [-0.4, -0.2) is 55.0 Å². The summed E-state index contributed by atoms with van der Waals surface area (Å²) in [6, 6.07) is 7.76. The van der Waals surface area contributed by atoms with Gasteiger partial charge < -0.3 is 9.80 Å². The molecule has 0 unspecified atom stereocenters. The lowest BCUT2D eigenvalue weighted by molar-refractivity contribution is -0.164. The highest BCUT2D eigenvalue weighted by atomic mass is 19.4. The van der Waals surface area contributed by atoms with Crippen molar-refractivity contribution in [1.82, 2.24) is 9.80 Å². The molecule has 0 radical (unpaired) electrons. The molecule has 0 aliphatic carbocycles. The summed E-state index contributed by atoms with van der Waals surface area (Å²) in [5.41, 5.74) is 2.15. The third kappa shape index (κ3) is 7.48. The topological polar surface area (TPSA) is 40.6 Å². The van der Waals surface area contributed by atoms with E-state index in [0.29, 0.717) is 17.7 Å². The zero-order valence-electron chi connectivity index (χ0n) is 14.2. The van der Waals surface area contributed by atoms with Gasteiger partial charge in [-0.2, -0.15) is 13.2 Å². The minimum atomic E-state index is -4.53. The number of likely N-dealkylation sites (N-methyl/N-ethyl adjacent to an activating group) is 1. The maximum atomic E-state index is 12.6. The molecule has 2 amide bonds. The highest BCUT2D eigenvalue weighted by molar-refractivity contribution is 5.84. The zero-order valence-corrected chi connectivity index (χ0v) is 14.2. The smallest absolute Gasteiger partial charge is 0.347 e. The Morgan fingerprint density at radius 1 is 1.04 bits per heavy atom. The Morgan fingerprint density at radius 3 is 2.12 bits per heavy atom. The Hall–Kier alpha value is -2.05. The van der Waals surface area contributed by atoms with Crippen LogP contribution in [0, 0.1) is 6.92 Å². The Labute approximate surface area is 140 Å². The van der Waals surface area contributed by atoms with E-state index in [-0.39, 0.29) is 6.42 Å². The van der Waals surface area contributed by atoms with Gasteiger partial charge in [-0.15, -0.1) is 0 Å². The molecule has 0 saturated heterocycles. The molecule has 1 rings (SSSR count). The summed E-state index contributed by atoms with van der Waals surface area (Å²) < 4.78 is 37.9. The van der Waals surface area contributed by atoms with Crippen LogP contribution in [0.1, 0.15) is 24.0 Å². The zero-order chi connectivity index (χ0) is 18.3. The molecular formula is C17H23F3N2O2. The molecule has 4 nitrogen and oxygen atoms in total. The largest absolute Gasteiger partial charge is 0.406 e. The van der Waals surface area contributed by atoms with Crippen LogP contribution < -0.4 is 0 Å². The molecule has 0 aromatic heterocycles. The first-order valence-corrected chi connectivity index (χ1v) is 7.68. The lowest BCUT2D eigenvalue weighted by Crippen LogP contribution is -2.44. The van der Waals surface area contributed by atoms with Crippen LogP contribution in [0.3, 0.4) is 0 Å². The van der Waals surface area contributed by atoms with Crippen molar-refractivity contribution in [3.63, 3.8) is 0 Å². The van der Waals surface area contributed by atoms with Gasteiger partial charge in [-0.1, -0.05) is 29.8 Å². The van der Waals surface area contributed by atoms with Gasteiger partial charge in [0.1, 0.15) is 13.1 Å². The fourth-order valence-corrected chi connectivity index (χ4v) is 2.11. The standard InChI is InChI=1S/C17H23F3N2O2/c1-13-7-9-14(10-8-13)5-4-6-15(23)22(12-17(18,19)20)11-16(24)21(2)3/h7-10H,4-6,11-12H2,1-3H3. The summed E-state index contributed by atoms with van der Waals surface area (Å²) in [4.78, 5) is 25.5. The number of carbonyl (C=O) groups is 2. The highest BCUT2D eigenvalue weighted by Crippen LogP contribution is 2.18. The van der Waals surface area contributed by atoms with E-state index in [4.69, 9.17) is 0 Å². The quantitative estimate of drug-likeness (QED) is 0.763. The number of carbonyl (C=O) groups excluding carboxylic acids is 2. The molecule has 0 heterocycles. The molecular weight excluding hydrogens is 321 g/mol. The number of hydrogen-bond donors (Lipinski definition) is 0. The van der Waals surface area contributed by atoms with Gasteiger partial charge in [-0.3, -0.25) is 9.59 Å². The van der Waals surface area contributed by atoms with Gasteiger partial charge in [0.2, 0.25) is 11.8 Å². The molecule has 0 atom stereocenters. The van der Waals surface area contributed by atoms with E-state index in [1.807, 2.05) is 31.2 Å². The van der Waals surface area contributed by atoms with Crippen LogP contribution in [0.15, 0.2) is 24.3 Å². The number of alkyl halides is 3. The predicted octanol–water partition coefficient (Wildman–Crippen LogP) is 2.80. The molecule has 0 bridgehead atoms. The van der Waals surface area contributed by atoms with Crippen LogP contribution in [0.4, 0.5) is 13.2 Å². The molecule has 0 N–H and O–H groups in total. The first kappa shape index (κ1) is 20.0. The van der Waals surface area contributed by atoms with Crippen molar-refractivity contribution in [3.8, 4) is 0 Å². The third-order valence-corrected chi connectivity index (χ3v) is 3.52. The highest BCUT2D eigenvalue weighted by Gasteiger charge is 2.33. The SMILES string of the molecule is Cc1ccc(CCCC(=O)N(CC(=O)N(C)C)CC(F)(F)F)cc1. The van der Waals surface area contributed by atoms with Gasteiger partial charge in [0, 0.05) is 20.5 Å². The molecule has 134 valence electrons. The van der Waals surface area contributed by atoms with Crippen molar-refractivity contribution in [2.75, 3.05) is 27.2 Å². The lowest BCUT2D eigenvalue weighted by atomic mass is 10.1. The first-order chi connectivity index (χ1) is 11.1. The van der Waals surface area contributed by atoms with E-state index in [0.717, 1.165) is 11.1 Å². The molecule has 0 aliphatic heterocycles. The summed E-state index contributed by atoms with van der Waals surface area (Å²) in [5.74, 6) is -1.19. The molecule has 7 heteroatoms. The molecule has 1 aromatic carbocycles. The minimum absolute atomic E-state index is 0.0231. The van der Waals surface area contributed by atoms with Gasteiger partial charge in [0.05, 0.1) is 0 Å². The Balaban J connectivity index is 2.59. The fourth-order valence-electron chi connectivity index (χ4n) is 2.11. The van der Waals surface area contributed by atoms with E-state index < -0.39 is 31.1 Å². The van der Waals surface area contributed by atoms with Gasteiger partial charge in [0.25, 0.3) is 0 Å². The summed E-state index contributed by atoms with van der Waals surface area (Å²) in [7, 11) is 2.88. The van der Waals surface area contributed by atoms with Crippen molar-refractivity contribution in [1.29, 1.82) is 0 Å². The number of halogens is 3. The number of rotatable bonds is 7. The lowest BCUT2D eigenvalue weighted by Gasteiger charge is -2.25. The summed E-state index contributed by atoms with van der Waals surface area (Å²) in [5, 5.41) is 0. The van der Waals surface area contributed by atoms with Crippen LogP contribution in [0.5, 0.6) is 0 Å². The van der Waals surface area contributed by atoms with Crippen LogP contribution in [-0.2, 0) is 16.0 Å². The first-order valence-electron chi connectivity index (χ1n) is 7.68. The molecule has 0 aliphatic rings. The number of nitrogens with zero attached hydrogens (tertiary/aromatic N) is 2. The second-order valence-corrected chi connectivity index (χ2v) is 5.99. The minimum Gasteiger partial charge on any atom is -0.347 e. The molecule has 0 spiro atoms. The number of amides is 2. The van der Waals surface area contributed by atoms with Crippen molar-refractivity contribution < 1.29 is 22.8 Å². The van der Waals surface area contributed by atoms with Crippen molar-refractivity contribution in [2.45, 2.75) is 32.4 Å². The van der Waals surface area contributed by atoms with E-state index in [2.05, 4.69) is 0 Å². The summed E-state index contributed by atoms with van der Waals surface area (Å²) in [6.45, 7) is -0.00407. The van der Waals surface area contributed by atoms with Crippen LogP contribution in [0.25, 0.3) is 0 Å². The number of benzene rings is 1. The van der Waals surface area contributed by atoms with Crippen molar-refractivity contribution >= 4 is 11.8 Å². The maximum absolute atomic E-state index is 12.6. The van der Waals surface area contributed by atoms with Gasteiger partial charge >= 0.3 is 6.18 Å². The molecule has 0 saturated carbocycles. The molecule has 0 fully saturated rings. The van der Waals surface area contributed by atoms with Gasteiger partial charge in [-0.05, 0) is 25.3 Å². The maximum Gasteiger partial charge on any atom is 0.406 e. The normalized spacial score (nSPS) is 11.2. The van der Waals surface area contributed by atoms with E-state index in [1.54, 1.807) is 0 Å². The predicted molar refractivity (Wildman–Crippen MR) is 85.4 cm³/mol. The Bertz CT molecular complexity index is 554. The van der Waals surface area contributed by atoms with E-state index in [9.17, 15) is 22.8 Å². The third-order valence-electron chi connectivity index (χ3n) is 3.52. The second kappa shape index (κ2) is 8.70. The number of aryl methyl sites for hydroxylation is 2. The average molecular weight is 344 g/mol. The molecule has 24 heavy (non-hydrogen) atoms. The summed E-state index contributed by atoms with van der Waals surface area (Å²) in [6.07, 6.45) is -3.51. The van der Waals surface area contributed by atoms with Crippen LogP contribution >= 0.6 is 0 Å². The second-order valence-electron chi connectivity index (χ2n) is 5.99. The van der Waals surface area contributed by atoms with Gasteiger partial charge in [-0.25, -0.2) is 0 Å². The average Bonchev–Trinajstić information content (AvgIpc) is 2.47.